The lowest BCUT2D eigenvalue weighted by Crippen LogP contribution is -2.22. The molecular weight excluding hydrogens is 278 g/mol. The monoisotopic (exact) mass is 301 g/mol. The summed E-state index contributed by atoms with van der Waals surface area (Å²) < 4.78 is 0. The van der Waals surface area contributed by atoms with Crippen molar-refractivity contribution in [3.8, 4) is 0 Å². The van der Waals surface area contributed by atoms with Gasteiger partial charge < -0.3 is 5.32 Å². The molecule has 112 valence electrons. The normalized spacial score (nSPS) is 12.4. The molecule has 0 aliphatic rings. The first-order chi connectivity index (χ1) is 9.97. The Morgan fingerprint density at radius 2 is 1.57 bits per heavy atom. The van der Waals surface area contributed by atoms with Gasteiger partial charge in [-0.25, -0.2) is 0 Å². The average Bonchev–Trinajstić information content (AvgIpc) is 2.40. The summed E-state index contributed by atoms with van der Waals surface area (Å²) in [7, 11) is 0. The fourth-order valence-corrected chi connectivity index (χ4v) is 3.19. The molecule has 0 aliphatic heterocycles. The van der Waals surface area contributed by atoms with Gasteiger partial charge in [-0.1, -0.05) is 41.4 Å². The zero-order chi connectivity index (χ0) is 15.4. The van der Waals surface area contributed by atoms with Gasteiger partial charge in [0.2, 0.25) is 0 Å². The molecule has 2 heteroatoms. The largest absolute Gasteiger partial charge is 0.310 e. The Hall–Kier alpha value is -1.31. The Balaban J connectivity index is 1.96. The van der Waals surface area contributed by atoms with E-state index in [4.69, 9.17) is 11.6 Å². The third kappa shape index (κ3) is 4.33. The van der Waals surface area contributed by atoms with Crippen LogP contribution in [0.2, 0.25) is 5.02 Å². The van der Waals surface area contributed by atoms with Crippen molar-refractivity contribution in [2.45, 2.75) is 40.2 Å². The van der Waals surface area contributed by atoms with E-state index in [9.17, 15) is 0 Å². The van der Waals surface area contributed by atoms with Gasteiger partial charge in [-0.15, -0.1) is 0 Å². The van der Waals surface area contributed by atoms with Gasteiger partial charge in [-0.2, -0.15) is 0 Å². The van der Waals surface area contributed by atoms with Gasteiger partial charge in [0.05, 0.1) is 0 Å². The van der Waals surface area contributed by atoms with Crippen molar-refractivity contribution >= 4 is 11.6 Å². The second-order valence-electron chi connectivity index (χ2n) is 5.86. The molecule has 0 spiro atoms. The number of hydrogen-bond donors (Lipinski definition) is 1. The summed E-state index contributed by atoms with van der Waals surface area (Å²) in [5.74, 6) is 0. The Bertz CT molecular complexity index is 578. The number of aryl methyl sites for hydroxylation is 3. The van der Waals surface area contributed by atoms with E-state index in [2.05, 4.69) is 57.3 Å². The maximum absolute atomic E-state index is 5.91. The van der Waals surface area contributed by atoms with Crippen molar-refractivity contribution < 1.29 is 0 Å². The molecular formula is C19H24ClN. The standard InChI is InChI=1S/C19H24ClN/c1-13-11-14(2)19(15(3)12-13)16(4)21-10-9-17-5-7-18(20)8-6-17/h5-8,11-12,16,21H,9-10H2,1-4H3. The third-order valence-corrected chi connectivity index (χ3v) is 4.20. The molecule has 0 saturated heterocycles. The first kappa shape index (κ1) is 16.1. The fraction of sp³-hybridized carbons (Fsp3) is 0.368. The molecule has 0 amide bonds. The van der Waals surface area contributed by atoms with Crippen molar-refractivity contribution in [2.75, 3.05) is 6.54 Å². The van der Waals surface area contributed by atoms with E-state index in [0.29, 0.717) is 6.04 Å². The van der Waals surface area contributed by atoms with Crippen molar-refractivity contribution in [1.82, 2.24) is 5.32 Å². The molecule has 0 aromatic heterocycles. The molecule has 1 unspecified atom stereocenters. The zero-order valence-electron chi connectivity index (χ0n) is 13.3. The first-order valence-corrected chi connectivity index (χ1v) is 7.90. The van der Waals surface area contributed by atoms with Crippen LogP contribution in [0.5, 0.6) is 0 Å². The molecule has 2 aromatic carbocycles. The van der Waals surface area contributed by atoms with E-state index in [1.54, 1.807) is 0 Å². The summed E-state index contributed by atoms with van der Waals surface area (Å²) in [6.07, 6.45) is 1.02. The third-order valence-electron chi connectivity index (χ3n) is 3.95. The first-order valence-electron chi connectivity index (χ1n) is 7.53. The summed E-state index contributed by atoms with van der Waals surface area (Å²) in [4.78, 5) is 0. The van der Waals surface area contributed by atoms with Crippen molar-refractivity contribution in [3.63, 3.8) is 0 Å². The van der Waals surface area contributed by atoms with Crippen LogP contribution in [0.4, 0.5) is 0 Å². The van der Waals surface area contributed by atoms with E-state index >= 15 is 0 Å². The molecule has 2 aromatic rings. The quantitative estimate of drug-likeness (QED) is 0.804. The number of halogens is 1. The number of nitrogens with one attached hydrogen (secondary N) is 1. The van der Waals surface area contributed by atoms with Crippen LogP contribution >= 0.6 is 11.6 Å². The van der Waals surface area contributed by atoms with Gasteiger partial charge in [0.25, 0.3) is 0 Å². The van der Waals surface area contributed by atoms with Gasteiger partial charge in [-0.3, -0.25) is 0 Å². The molecule has 0 bridgehead atoms. The fourth-order valence-electron chi connectivity index (χ4n) is 3.06. The lowest BCUT2D eigenvalue weighted by Gasteiger charge is -2.20. The smallest absolute Gasteiger partial charge is 0.0406 e. The molecule has 0 fully saturated rings. The van der Waals surface area contributed by atoms with Crippen LogP contribution < -0.4 is 5.32 Å². The van der Waals surface area contributed by atoms with Crippen LogP contribution in [0.3, 0.4) is 0 Å². The van der Waals surface area contributed by atoms with Crippen molar-refractivity contribution in [1.29, 1.82) is 0 Å². The van der Waals surface area contributed by atoms with Gasteiger partial charge in [0.15, 0.2) is 0 Å². The summed E-state index contributed by atoms with van der Waals surface area (Å²) in [5.41, 5.74) is 6.83. The topological polar surface area (TPSA) is 12.0 Å². The highest BCUT2D eigenvalue weighted by Gasteiger charge is 2.11. The molecule has 0 saturated carbocycles. The molecule has 0 radical (unpaired) electrons. The SMILES string of the molecule is Cc1cc(C)c(C(C)NCCc2ccc(Cl)cc2)c(C)c1. The van der Waals surface area contributed by atoms with Crippen LogP contribution in [0.15, 0.2) is 36.4 Å². The summed E-state index contributed by atoms with van der Waals surface area (Å²) >= 11 is 5.91. The van der Waals surface area contributed by atoms with E-state index in [0.717, 1.165) is 18.0 Å². The van der Waals surface area contributed by atoms with Gasteiger partial charge in [0, 0.05) is 11.1 Å². The van der Waals surface area contributed by atoms with E-state index in [-0.39, 0.29) is 0 Å². The summed E-state index contributed by atoms with van der Waals surface area (Å²) in [5, 5.41) is 4.43. The molecule has 1 nitrogen and oxygen atoms in total. The molecule has 1 atom stereocenters. The molecule has 2 rings (SSSR count). The Morgan fingerprint density at radius 1 is 1.00 bits per heavy atom. The van der Waals surface area contributed by atoms with Crippen LogP contribution in [0, 0.1) is 20.8 Å². The van der Waals surface area contributed by atoms with Crippen LogP contribution in [0.25, 0.3) is 0 Å². The maximum Gasteiger partial charge on any atom is 0.0406 e. The minimum Gasteiger partial charge on any atom is -0.310 e. The lowest BCUT2D eigenvalue weighted by atomic mass is 9.95. The van der Waals surface area contributed by atoms with E-state index in [1.165, 1.54) is 27.8 Å². The van der Waals surface area contributed by atoms with E-state index < -0.39 is 0 Å². The van der Waals surface area contributed by atoms with Gasteiger partial charge in [-0.05, 0) is 75.0 Å². The number of hydrogen-bond acceptors (Lipinski definition) is 1. The molecule has 0 heterocycles. The lowest BCUT2D eigenvalue weighted by molar-refractivity contribution is 0.572. The zero-order valence-corrected chi connectivity index (χ0v) is 14.1. The predicted octanol–water partition coefficient (Wildman–Crippen LogP) is 5.16. The van der Waals surface area contributed by atoms with Gasteiger partial charge >= 0.3 is 0 Å². The second kappa shape index (κ2) is 7.11. The highest BCUT2D eigenvalue weighted by atomic mass is 35.5. The molecule has 1 N–H and O–H groups in total. The van der Waals surface area contributed by atoms with Crippen LogP contribution in [0.1, 0.15) is 40.8 Å². The summed E-state index contributed by atoms with van der Waals surface area (Å²) in [6, 6.07) is 13.0. The van der Waals surface area contributed by atoms with E-state index in [1.807, 2.05) is 12.1 Å². The molecule has 0 aliphatic carbocycles. The summed E-state index contributed by atoms with van der Waals surface area (Å²) in [6.45, 7) is 9.77. The predicted molar refractivity (Wildman–Crippen MR) is 92.2 cm³/mol. The highest BCUT2D eigenvalue weighted by Crippen LogP contribution is 2.23. The average molecular weight is 302 g/mol. The minimum atomic E-state index is 0.373. The highest BCUT2D eigenvalue weighted by molar-refractivity contribution is 6.30. The number of benzene rings is 2. The maximum atomic E-state index is 5.91. The number of rotatable bonds is 5. The Kier molecular flexibility index (Phi) is 5.44. The second-order valence-corrected chi connectivity index (χ2v) is 6.30. The Labute approximate surface area is 133 Å². The van der Waals surface area contributed by atoms with Crippen molar-refractivity contribution in [3.05, 3.63) is 69.2 Å². The Morgan fingerprint density at radius 3 is 2.14 bits per heavy atom. The van der Waals surface area contributed by atoms with Gasteiger partial charge in [0.1, 0.15) is 0 Å². The van der Waals surface area contributed by atoms with Crippen molar-refractivity contribution in [2.24, 2.45) is 0 Å². The van der Waals surface area contributed by atoms with Crippen LogP contribution in [-0.2, 0) is 6.42 Å². The molecule has 21 heavy (non-hydrogen) atoms. The van der Waals surface area contributed by atoms with Crippen LogP contribution in [-0.4, -0.2) is 6.54 Å². The minimum absolute atomic E-state index is 0.373.